The van der Waals surface area contributed by atoms with Crippen LogP contribution in [-0.4, -0.2) is 16.5 Å². The number of rotatable bonds is 0. The Morgan fingerprint density at radius 1 is 1.44 bits per heavy atom. The van der Waals surface area contributed by atoms with Crippen LogP contribution in [-0.2, 0) is 9.78 Å². The minimum atomic E-state index is -1.38. The van der Waals surface area contributed by atoms with E-state index in [4.69, 9.17) is 34.8 Å². The third-order valence-electron chi connectivity index (χ3n) is 0.989. The summed E-state index contributed by atoms with van der Waals surface area (Å²) in [6.45, 7) is 0.440. The topological polar surface area (TPSA) is 18.5 Å². The molecule has 0 N–H and O–H groups in total. The van der Waals surface area contributed by atoms with Crippen molar-refractivity contribution in [3.63, 3.8) is 0 Å². The highest BCUT2D eigenvalue weighted by Gasteiger charge is 2.39. The highest BCUT2D eigenvalue weighted by Crippen LogP contribution is 2.35. The molecule has 1 unspecified atom stereocenters. The van der Waals surface area contributed by atoms with Gasteiger partial charge in [0, 0.05) is 0 Å². The monoisotopic (exact) mass is 190 g/mol. The number of hydrogen-bond acceptors (Lipinski definition) is 2. The molecule has 0 aromatic carbocycles. The van der Waals surface area contributed by atoms with Gasteiger partial charge in [-0.2, -0.15) is 4.89 Å². The number of hydrogen-bond donors (Lipinski definition) is 0. The zero-order valence-electron chi connectivity index (χ0n) is 4.44. The molecule has 1 aliphatic heterocycles. The first-order valence-corrected chi connectivity index (χ1v) is 3.64. The molecule has 9 heavy (non-hydrogen) atoms. The van der Waals surface area contributed by atoms with Crippen LogP contribution in [0.5, 0.6) is 0 Å². The Balaban J connectivity index is 2.49. The normalized spacial score (nSPS) is 34.3. The Hall–Kier alpha value is 0.790. The maximum atomic E-state index is 5.64. The van der Waals surface area contributed by atoms with Gasteiger partial charge in [-0.1, -0.05) is 23.2 Å². The van der Waals surface area contributed by atoms with Crippen LogP contribution in [0.3, 0.4) is 0 Å². The molecule has 1 atom stereocenters. The minimum absolute atomic E-state index is 0.394. The maximum Gasteiger partial charge on any atom is 0.266 e. The Labute approximate surface area is 67.9 Å². The zero-order chi connectivity index (χ0) is 6.91. The molecule has 1 aliphatic rings. The van der Waals surface area contributed by atoms with Crippen LogP contribution in [0.25, 0.3) is 0 Å². The maximum absolute atomic E-state index is 5.64. The smallest absolute Gasteiger partial charge is 0.234 e. The van der Waals surface area contributed by atoms with Crippen molar-refractivity contribution >= 4 is 34.8 Å². The van der Waals surface area contributed by atoms with Gasteiger partial charge >= 0.3 is 0 Å². The van der Waals surface area contributed by atoms with Gasteiger partial charge in [-0.25, -0.2) is 4.89 Å². The van der Waals surface area contributed by atoms with Crippen LogP contribution < -0.4 is 0 Å². The summed E-state index contributed by atoms with van der Waals surface area (Å²) in [6, 6.07) is 0. The second-order valence-corrected chi connectivity index (χ2v) is 3.57. The molecule has 1 heterocycles. The van der Waals surface area contributed by atoms with Crippen LogP contribution in [0.4, 0.5) is 0 Å². The molecule has 1 saturated heterocycles. The average Bonchev–Trinajstić information content (AvgIpc) is 1.77. The van der Waals surface area contributed by atoms with E-state index in [2.05, 4.69) is 9.78 Å². The standard InChI is InChI=1S/C4H5Cl3O2/c5-3-1-2-8-9-4(3,6)7/h3H,1-2H2. The minimum Gasteiger partial charge on any atom is -0.234 e. The quantitative estimate of drug-likeness (QED) is 0.431. The lowest BCUT2D eigenvalue weighted by Crippen LogP contribution is -2.35. The lowest BCUT2D eigenvalue weighted by molar-refractivity contribution is -0.336. The lowest BCUT2D eigenvalue weighted by Gasteiger charge is -2.27. The molecular weight excluding hydrogens is 186 g/mol. The summed E-state index contributed by atoms with van der Waals surface area (Å²) in [7, 11) is 0. The third-order valence-corrected chi connectivity index (χ3v) is 2.39. The molecule has 0 saturated carbocycles. The fourth-order valence-electron chi connectivity index (χ4n) is 0.492. The van der Waals surface area contributed by atoms with E-state index in [9.17, 15) is 0 Å². The van der Waals surface area contributed by atoms with Gasteiger partial charge in [0.05, 0.1) is 12.0 Å². The van der Waals surface area contributed by atoms with E-state index >= 15 is 0 Å². The summed E-state index contributed by atoms with van der Waals surface area (Å²) >= 11 is 16.7. The van der Waals surface area contributed by atoms with E-state index in [-0.39, 0.29) is 0 Å². The molecule has 0 bridgehead atoms. The van der Waals surface area contributed by atoms with Gasteiger partial charge in [-0.15, -0.1) is 11.6 Å². The molecule has 0 radical (unpaired) electrons. The van der Waals surface area contributed by atoms with E-state index in [1.807, 2.05) is 0 Å². The van der Waals surface area contributed by atoms with Crippen molar-refractivity contribution in [2.45, 2.75) is 16.3 Å². The first-order chi connectivity index (χ1) is 4.13. The number of halogens is 3. The van der Waals surface area contributed by atoms with E-state index in [0.717, 1.165) is 0 Å². The van der Waals surface area contributed by atoms with Gasteiger partial charge in [0.2, 0.25) is 0 Å². The molecule has 0 aliphatic carbocycles. The molecule has 0 aromatic rings. The van der Waals surface area contributed by atoms with Crippen LogP contribution >= 0.6 is 34.8 Å². The Morgan fingerprint density at radius 2 is 2.11 bits per heavy atom. The van der Waals surface area contributed by atoms with Crippen molar-refractivity contribution in [1.29, 1.82) is 0 Å². The van der Waals surface area contributed by atoms with Crippen LogP contribution in [0.15, 0.2) is 0 Å². The summed E-state index contributed by atoms with van der Waals surface area (Å²) < 4.78 is -1.38. The fraction of sp³-hybridized carbons (Fsp3) is 1.00. The summed E-state index contributed by atoms with van der Waals surface area (Å²) in [5.41, 5.74) is 0. The molecule has 5 heteroatoms. The summed E-state index contributed by atoms with van der Waals surface area (Å²) in [4.78, 5) is 8.98. The molecule has 0 aromatic heterocycles. The molecule has 2 nitrogen and oxygen atoms in total. The van der Waals surface area contributed by atoms with Crippen molar-refractivity contribution in [2.75, 3.05) is 6.61 Å². The first-order valence-electron chi connectivity index (χ1n) is 2.45. The van der Waals surface area contributed by atoms with Gasteiger partial charge in [0.15, 0.2) is 0 Å². The van der Waals surface area contributed by atoms with E-state index < -0.39 is 9.90 Å². The Kier molecular flexibility index (Phi) is 2.46. The molecule has 0 spiro atoms. The second kappa shape index (κ2) is 2.81. The van der Waals surface area contributed by atoms with Gasteiger partial charge in [0.25, 0.3) is 4.52 Å². The highest BCUT2D eigenvalue weighted by molar-refractivity contribution is 6.51. The predicted octanol–water partition coefficient (Wildman–Crippen LogP) is 2.08. The zero-order valence-corrected chi connectivity index (χ0v) is 6.71. The van der Waals surface area contributed by atoms with E-state index in [0.29, 0.717) is 13.0 Å². The molecular formula is C4H5Cl3O2. The van der Waals surface area contributed by atoms with Gasteiger partial charge < -0.3 is 0 Å². The summed E-state index contributed by atoms with van der Waals surface area (Å²) in [5, 5.41) is -0.394. The van der Waals surface area contributed by atoms with Gasteiger partial charge in [0.1, 0.15) is 0 Å². The van der Waals surface area contributed by atoms with Crippen LogP contribution in [0.1, 0.15) is 6.42 Å². The molecule has 1 fully saturated rings. The van der Waals surface area contributed by atoms with E-state index in [1.165, 1.54) is 0 Å². The van der Waals surface area contributed by atoms with Gasteiger partial charge in [-0.3, -0.25) is 0 Å². The van der Waals surface area contributed by atoms with Crippen LogP contribution in [0.2, 0.25) is 0 Å². The van der Waals surface area contributed by atoms with Crippen molar-refractivity contribution in [3.8, 4) is 0 Å². The molecule has 54 valence electrons. The van der Waals surface area contributed by atoms with E-state index in [1.54, 1.807) is 0 Å². The third kappa shape index (κ3) is 1.85. The average molecular weight is 191 g/mol. The van der Waals surface area contributed by atoms with Crippen molar-refractivity contribution < 1.29 is 9.78 Å². The van der Waals surface area contributed by atoms with Crippen molar-refractivity contribution in [3.05, 3.63) is 0 Å². The SMILES string of the molecule is ClC1CCOOC1(Cl)Cl. The van der Waals surface area contributed by atoms with Crippen LogP contribution in [0, 0.1) is 0 Å². The lowest BCUT2D eigenvalue weighted by atomic mass is 10.3. The molecule has 0 amide bonds. The predicted molar refractivity (Wildman–Crippen MR) is 35.7 cm³/mol. The number of alkyl halides is 3. The van der Waals surface area contributed by atoms with Crippen molar-refractivity contribution in [2.24, 2.45) is 0 Å². The largest absolute Gasteiger partial charge is 0.266 e. The Morgan fingerprint density at radius 3 is 2.44 bits per heavy atom. The highest BCUT2D eigenvalue weighted by atomic mass is 35.5. The fourth-order valence-corrected chi connectivity index (χ4v) is 0.925. The first kappa shape index (κ1) is 7.89. The van der Waals surface area contributed by atoms with Crippen molar-refractivity contribution in [1.82, 2.24) is 0 Å². The Bertz CT molecular complexity index is 106. The second-order valence-electron chi connectivity index (χ2n) is 1.72. The van der Waals surface area contributed by atoms with Gasteiger partial charge in [-0.05, 0) is 6.42 Å². The summed E-state index contributed by atoms with van der Waals surface area (Å²) in [6.07, 6.45) is 0.606. The molecule has 1 rings (SSSR count). The summed E-state index contributed by atoms with van der Waals surface area (Å²) in [5.74, 6) is 0.